The van der Waals surface area contributed by atoms with Crippen molar-refractivity contribution in [1.82, 2.24) is 20.1 Å². The zero-order valence-corrected chi connectivity index (χ0v) is 26.8. The van der Waals surface area contributed by atoms with Gasteiger partial charge < -0.3 is 24.8 Å². The summed E-state index contributed by atoms with van der Waals surface area (Å²) in [4.78, 5) is 39.9. The standard InChI is InChI=1S/C32H35N5O6S2/c1-3-42-31(40)29-22-14-8-5-9-17-25(22)45-30(29)34-28(39)20-44-32-36-35-26(37(32)23-15-10-11-16-24(23)41-2)18-33-27(38)19-43-21-12-6-4-7-13-21/h4,6-7,10-13,15-16H,3,5,8-9,14,17-20H2,1-2H3,(H,33,38)(H,34,39). The molecule has 0 fully saturated rings. The number of rotatable bonds is 13. The Morgan fingerprint density at radius 3 is 2.56 bits per heavy atom. The average molecular weight is 650 g/mol. The Balaban J connectivity index is 1.31. The number of thiophene rings is 1. The van der Waals surface area contributed by atoms with Crippen LogP contribution < -0.4 is 20.1 Å². The maximum absolute atomic E-state index is 13.3. The van der Waals surface area contributed by atoms with Crippen molar-refractivity contribution in [3.63, 3.8) is 0 Å². The van der Waals surface area contributed by atoms with E-state index in [1.54, 1.807) is 30.7 Å². The SMILES string of the molecule is CCOC(=O)c1c(NC(=O)CSc2nnc(CNC(=O)COc3ccccc3)n2-c2ccccc2OC)sc2c1CCCCC2. The molecular formula is C32H35N5O6S2. The highest BCUT2D eigenvalue weighted by atomic mass is 32.2. The molecule has 0 spiro atoms. The number of esters is 1. The van der Waals surface area contributed by atoms with E-state index in [1.165, 1.54) is 23.1 Å². The molecule has 2 heterocycles. The Morgan fingerprint density at radius 2 is 1.76 bits per heavy atom. The van der Waals surface area contributed by atoms with Crippen molar-refractivity contribution in [1.29, 1.82) is 0 Å². The van der Waals surface area contributed by atoms with E-state index in [0.29, 0.717) is 38.7 Å². The fraction of sp³-hybridized carbons (Fsp3) is 0.344. The maximum Gasteiger partial charge on any atom is 0.341 e. The van der Waals surface area contributed by atoms with Crippen molar-refractivity contribution in [2.75, 3.05) is 31.4 Å². The predicted molar refractivity (Wildman–Crippen MR) is 173 cm³/mol. The first-order chi connectivity index (χ1) is 22.0. The normalized spacial score (nSPS) is 12.5. The molecule has 0 radical (unpaired) electrons. The molecule has 13 heteroatoms. The quantitative estimate of drug-likeness (QED) is 0.114. The summed E-state index contributed by atoms with van der Waals surface area (Å²) >= 11 is 2.64. The van der Waals surface area contributed by atoms with Crippen LogP contribution in [-0.4, -0.2) is 58.6 Å². The Labute approximate surface area is 269 Å². The van der Waals surface area contributed by atoms with Gasteiger partial charge in [-0.1, -0.05) is 48.5 Å². The van der Waals surface area contributed by atoms with Crippen LogP contribution in [0.3, 0.4) is 0 Å². The van der Waals surface area contributed by atoms with Crippen LogP contribution in [0, 0.1) is 0 Å². The summed E-state index contributed by atoms with van der Waals surface area (Å²) in [6, 6.07) is 16.4. The lowest BCUT2D eigenvalue weighted by molar-refractivity contribution is -0.123. The first-order valence-corrected chi connectivity index (χ1v) is 16.5. The van der Waals surface area contributed by atoms with Gasteiger partial charge in [0.05, 0.1) is 37.3 Å². The molecule has 0 unspecified atom stereocenters. The van der Waals surface area contributed by atoms with Crippen LogP contribution in [0.4, 0.5) is 5.00 Å². The lowest BCUT2D eigenvalue weighted by Gasteiger charge is -2.14. The number of hydrogen-bond donors (Lipinski definition) is 2. The summed E-state index contributed by atoms with van der Waals surface area (Å²) < 4.78 is 18.2. The van der Waals surface area contributed by atoms with Gasteiger partial charge in [-0.3, -0.25) is 14.2 Å². The van der Waals surface area contributed by atoms with Crippen LogP contribution >= 0.6 is 23.1 Å². The highest BCUT2D eigenvalue weighted by Crippen LogP contribution is 2.38. The average Bonchev–Trinajstić information content (AvgIpc) is 3.54. The summed E-state index contributed by atoms with van der Waals surface area (Å²) in [6.45, 7) is 1.94. The van der Waals surface area contributed by atoms with Crippen molar-refractivity contribution in [3.8, 4) is 17.2 Å². The Morgan fingerprint density at radius 1 is 0.978 bits per heavy atom. The third-order valence-corrected chi connectivity index (χ3v) is 9.21. The van der Waals surface area contributed by atoms with E-state index in [9.17, 15) is 14.4 Å². The van der Waals surface area contributed by atoms with Crippen molar-refractivity contribution in [2.45, 2.75) is 50.7 Å². The van der Waals surface area contributed by atoms with Gasteiger partial charge in [0.2, 0.25) is 5.91 Å². The topological polar surface area (TPSA) is 134 Å². The number of nitrogens with zero attached hydrogens (tertiary/aromatic N) is 3. The number of anilines is 1. The largest absolute Gasteiger partial charge is 0.495 e. The Kier molecular flexibility index (Phi) is 11.1. The second-order valence-corrected chi connectivity index (χ2v) is 12.2. The van der Waals surface area contributed by atoms with E-state index >= 15 is 0 Å². The van der Waals surface area contributed by atoms with Crippen molar-refractivity contribution >= 4 is 45.9 Å². The maximum atomic E-state index is 13.3. The van der Waals surface area contributed by atoms with Gasteiger partial charge in [-0.25, -0.2) is 4.79 Å². The fourth-order valence-electron chi connectivity index (χ4n) is 5.00. The highest BCUT2D eigenvalue weighted by molar-refractivity contribution is 7.99. The molecule has 2 amide bonds. The smallest absolute Gasteiger partial charge is 0.341 e. The van der Waals surface area contributed by atoms with Gasteiger partial charge in [-0.15, -0.1) is 21.5 Å². The first kappa shape index (κ1) is 32.0. The number of aryl methyl sites for hydroxylation is 1. The summed E-state index contributed by atoms with van der Waals surface area (Å²) in [5.74, 6) is 0.601. The molecule has 1 aliphatic rings. The summed E-state index contributed by atoms with van der Waals surface area (Å²) in [6.07, 6.45) is 4.85. The third kappa shape index (κ3) is 8.03. The molecule has 5 rings (SSSR count). The molecule has 0 bridgehead atoms. The van der Waals surface area contributed by atoms with Crippen molar-refractivity contribution < 1.29 is 28.6 Å². The highest BCUT2D eigenvalue weighted by Gasteiger charge is 2.27. The van der Waals surface area contributed by atoms with Gasteiger partial charge in [0.15, 0.2) is 17.6 Å². The second kappa shape index (κ2) is 15.6. The molecule has 0 atom stereocenters. The minimum atomic E-state index is -0.406. The van der Waals surface area contributed by atoms with Gasteiger partial charge in [-0.2, -0.15) is 0 Å². The lowest BCUT2D eigenvalue weighted by Crippen LogP contribution is -2.29. The van der Waals surface area contributed by atoms with E-state index in [-0.39, 0.29) is 37.3 Å². The van der Waals surface area contributed by atoms with E-state index in [0.717, 1.165) is 42.5 Å². The molecule has 236 valence electrons. The summed E-state index contributed by atoms with van der Waals surface area (Å²) in [5.41, 5.74) is 2.13. The van der Waals surface area contributed by atoms with Gasteiger partial charge in [0.1, 0.15) is 16.5 Å². The zero-order chi connectivity index (χ0) is 31.6. The van der Waals surface area contributed by atoms with Crippen molar-refractivity contribution in [2.24, 2.45) is 0 Å². The molecule has 2 N–H and O–H groups in total. The number of amides is 2. The fourth-order valence-corrected chi connectivity index (χ4v) is 7.06. The minimum absolute atomic E-state index is 0.00931. The predicted octanol–water partition coefficient (Wildman–Crippen LogP) is 5.21. The number of fused-ring (bicyclic) bond motifs is 1. The molecule has 2 aromatic carbocycles. The number of nitrogens with one attached hydrogen (secondary N) is 2. The van der Waals surface area contributed by atoms with Crippen LogP contribution in [0.2, 0.25) is 0 Å². The van der Waals surface area contributed by atoms with Crippen LogP contribution in [-0.2, 0) is 33.7 Å². The van der Waals surface area contributed by atoms with Crippen LogP contribution in [0.5, 0.6) is 11.5 Å². The molecule has 2 aromatic heterocycles. The number of aromatic nitrogens is 3. The number of methoxy groups -OCH3 is 1. The lowest BCUT2D eigenvalue weighted by atomic mass is 10.1. The number of benzene rings is 2. The monoisotopic (exact) mass is 649 g/mol. The second-order valence-electron chi connectivity index (χ2n) is 10.1. The van der Waals surface area contributed by atoms with Gasteiger partial charge in [-0.05, 0) is 62.4 Å². The molecule has 0 saturated heterocycles. The number of thioether (sulfide) groups is 1. The molecular weight excluding hydrogens is 615 g/mol. The van der Waals surface area contributed by atoms with E-state index in [4.69, 9.17) is 14.2 Å². The summed E-state index contributed by atoms with van der Waals surface area (Å²) in [5, 5.41) is 15.4. The molecule has 45 heavy (non-hydrogen) atoms. The molecule has 4 aromatic rings. The van der Waals surface area contributed by atoms with Crippen LogP contribution in [0.1, 0.15) is 52.8 Å². The zero-order valence-electron chi connectivity index (χ0n) is 25.2. The Bertz CT molecular complexity index is 1640. The van der Waals surface area contributed by atoms with Gasteiger partial charge in [0, 0.05) is 4.88 Å². The van der Waals surface area contributed by atoms with Crippen LogP contribution in [0.25, 0.3) is 5.69 Å². The molecule has 0 aliphatic heterocycles. The number of ether oxygens (including phenoxy) is 3. The van der Waals surface area contributed by atoms with Gasteiger partial charge >= 0.3 is 5.97 Å². The molecule has 11 nitrogen and oxygen atoms in total. The number of hydrogen-bond acceptors (Lipinski definition) is 10. The van der Waals surface area contributed by atoms with Gasteiger partial charge in [0.25, 0.3) is 5.91 Å². The molecule has 0 saturated carbocycles. The first-order valence-electron chi connectivity index (χ1n) is 14.7. The molecule has 1 aliphatic carbocycles. The Hall–Kier alpha value is -4.36. The number of para-hydroxylation sites is 3. The number of carbonyl (C=O) groups is 3. The van der Waals surface area contributed by atoms with Crippen molar-refractivity contribution in [3.05, 3.63) is 76.4 Å². The van der Waals surface area contributed by atoms with Crippen LogP contribution in [0.15, 0.2) is 59.8 Å². The minimum Gasteiger partial charge on any atom is -0.495 e. The summed E-state index contributed by atoms with van der Waals surface area (Å²) in [7, 11) is 1.57. The number of carbonyl (C=O) groups excluding carboxylic acids is 3. The van der Waals surface area contributed by atoms with E-state index in [1.807, 2.05) is 42.5 Å². The van der Waals surface area contributed by atoms with E-state index < -0.39 is 5.97 Å². The van der Waals surface area contributed by atoms with E-state index in [2.05, 4.69) is 20.8 Å². The third-order valence-electron chi connectivity index (χ3n) is 7.07.